The second kappa shape index (κ2) is 6.37. The molecule has 106 valence electrons. The third-order valence-electron chi connectivity index (χ3n) is 3.40. The maximum atomic E-state index is 4.60. The van der Waals surface area contributed by atoms with Crippen LogP contribution in [-0.4, -0.2) is 17.0 Å². The highest BCUT2D eigenvalue weighted by Gasteiger charge is 2.12. The average molecular weight is 270 g/mol. The van der Waals surface area contributed by atoms with Crippen molar-refractivity contribution < 1.29 is 0 Å². The molecule has 0 bridgehead atoms. The van der Waals surface area contributed by atoms with Gasteiger partial charge in [0.25, 0.3) is 0 Å². The van der Waals surface area contributed by atoms with E-state index in [1.807, 2.05) is 20.0 Å². The zero-order valence-electron chi connectivity index (χ0n) is 12.6. The molecule has 0 aliphatic rings. The Labute approximate surface area is 120 Å². The van der Waals surface area contributed by atoms with Gasteiger partial charge in [-0.2, -0.15) is 0 Å². The minimum absolute atomic E-state index is 0.208. The minimum Gasteiger partial charge on any atom is -0.373 e. The van der Waals surface area contributed by atoms with Gasteiger partial charge >= 0.3 is 0 Å². The molecular weight excluding hydrogens is 248 g/mol. The van der Waals surface area contributed by atoms with Crippen LogP contribution >= 0.6 is 0 Å². The van der Waals surface area contributed by atoms with Crippen LogP contribution in [0.4, 0.5) is 11.6 Å². The molecule has 0 fully saturated rings. The van der Waals surface area contributed by atoms with Gasteiger partial charge in [-0.25, -0.2) is 9.97 Å². The van der Waals surface area contributed by atoms with Crippen molar-refractivity contribution in [1.29, 1.82) is 0 Å². The Kier molecular flexibility index (Phi) is 4.56. The summed E-state index contributed by atoms with van der Waals surface area (Å²) in [5.74, 6) is 2.64. The van der Waals surface area contributed by atoms with E-state index in [1.165, 1.54) is 5.56 Å². The number of nitrogens with zero attached hydrogens (tertiary/aromatic N) is 2. The van der Waals surface area contributed by atoms with Gasteiger partial charge in [-0.05, 0) is 19.4 Å². The summed E-state index contributed by atoms with van der Waals surface area (Å²) in [5.41, 5.74) is 2.29. The van der Waals surface area contributed by atoms with Crippen LogP contribution in [0, 0.1) is 6.92 Å². The lowest BCUT2D eigenvalue weighted by atomic mass is 10.1. The molecular formula is C16H22N4. The Hall–Kier alpha value is -2.10. The second-order valence-corrected chi connectivity index (χ2v) is 4.84. The number of aryl methyl sites for hydroxylation is 1. The second-order valence-electron chi connectivity index (χ2n) is 4.84. The van der Waals surface area contributed by atoms with Gasteiger partial charge in [0.05, 0.1) is 0 Å². The zero-order valence-corrected chi connectivity index (χ0v) is 12.6. The Morgan fingerprint density at radius 2 is 1.75 bits per heavy atom. The van der Waals surface area contributed by atoms with Gasteiger partial charge in [0, 0.05) is 25.1 Å². The molecule has 0 aliphatic heterocycles. The highest BCUT2D eigenvalue weighted by atomic mass is 15.1. The van der Waals surface area contributed by atoms with Gasteiger partial charge in [-0.3, -0.25) is 0 Å². The molecule has 0 saturated carbocycles. The molecule has 1 aromatic heterocycles. The van der Waals surface area contributed by atoms with Gasteiger partial charge < -0.3 is 10.6 Å². The predicted octanol–water partition coefficient (Wildman–Crippen LogP) is 3.56. The van der Waals surface area contributed by atoms with Crippen molar-refractivity contribution in [2.75, 3.05) is 17.7 Å². The third-order valence-corrected chi connectivity index (χ3v) is 3.40. The fraction of sp³-hybridized carbons (Fsp3) is 0.375. The van der Waals surface area contributed by atoms with Gasteiger partial charge in [0.1, 0.15) is 17.5 Å². The first-order chi connectivity index (χ1) is 9.65. The number of benzene rings is 1. The quantitative estimate of drug-likeness (QED) is 0.872. The number of rotatable bonds is 5. The molecule has 2 N–H and O–H groups in total. The van der Waals surface area contributed by atoms with E-state index >= 15 is 0 Å². The molecule has 1 aromatic carbocycles. The summed E-state index contributed by atoms with van der Waals surface area (Å²) < 4.78 is 0. The lowest BCUT2D eigenvalue weighted by Gasteiger charge is -2.18. The molecule has 4 heteroatoms. The van der Waals surface area contributed by atoms with Crippen molar-refractivity contribution >= 4 is 11.6 Å². The summed E-state index contributed by atoms with van der Waals surface area (Å²) >= 11 is 0. The van der Waals surface area contributed by atoms with Crippen molar-refractivity contribution in [2.24, 2.45) is 0 Å². The summed E-state index contributed by atoms with van der Waals surface area (Å²) in [6.07, 6.45) is 0.823. The van der Waals surface area contributed by atoms with E-state index in [1.54, 1.807) is 0 Å². The Bertz CT molecular complexity index is 566. The monoisotopic (exact) mass is 270 g/mol. The number of hydrogen-bond donors (Lipinski definition) is 2. The van der Waals surface area contributed by atoms with E-state index < -0.39 is 0 Å². The van der Waals surface area contributed by atoms with E-state index in [-0.39, 0.29) is 6.04 Å². The van der Waals surface area contributed by atoms with Crippen molar-refractivity contribution in [3.05, 3.63) is 47.3 Å². The highest BCUT2D eigenvalue weighted by Crippen LogP contribution is 2.24. The number of aromatic nitrogens is 2. The Morgan fingerprint density at radius 3 is 2.35 bits per heavy atom. The molecule has 0 spiro atoms. The highest BCUT2D eigenvalue weighted by molar-refractivity contribution is 5.57. The summed E-state index contributed by atoms with van der Waals surface area (Å²) in [6, 6.07) is 10.6. The van der Waals surface area contributed by atoms with E-state index in [0.717, 1.165) is 29.4 Å². The van der Waals surface area contributed by atoms with Crippen LogP contribution in [-0.2, 0) is 6.42 Å². The summed E-state index contributed by atoms with van der Waals surface area (Å²) in [5, 5.41) is 6.62. The number of nitrogens with one attached hydrogen (secondary N) is 2. The van der Waals surface area contributed by atoms with Gasteiger partial charge in [0.2, 0.25) is 0 Å². The molecule has 1 atom stereocenters. The molecule has 4 nitrogen and oxygen atoms in total. The van der Waals surface area contributed by atoms with Crippen LogP contribution in [0.15, 0.2) is 30.3 Å². The molecule has 20 heavy (non-hydrogen) atoms. The molecule has 0 aliphatic carbocycles. The molecule has 0 radical (unpaired) electrons. The first-order valence-electron chi connectivity index (χ1n) is 7.02. The van der Waals surface area contributed by atoms with Gasteiger partial charge in [0.15, 0.2) is 0 Å². The van der Waals surface area contributed by atoms with Crippen LogP contribution < -0.4 is 10.6 Å². The van der Waals surface area contributed by atoms with E-state index in [4.69, 9.17) is 0 Å². The average Bonchev–Trinajstić information content (AvgIpc) is 2.50. The summed E-state index contributed by atoms with van der Waals surface area (Å²) in [4.78, 5) is 9.09. The van der Waals surface area contributed by atoms with E-state index in [0.29, 0.717) is 0 Å². The standard InChI is InChI=1S/C16H22N4/c1-5-14-19-15(17-4)11(2)16(20-14)18-12(3)13-9-7-6-8-10-13/h6-10,12H,5H2,1-4H3,(H2,17,18,19,20). The first kappa shape index (κ1) is 14.3. The van der Waals surface area contributed by atoms with E-state index in [9.17, 15) is 0 Å². The predicted molar refractivity (Wildman–Crippen MR) is 84.2 cm³/mol. The zero-order chi connectivity index (χ0) is 14.5. The van der Waals surface area contributed by atoms with Crippen LogP contribution in [0.5, 0.6) is 0 Å². The molecule has 2 aromatic rings. The lowest BCUT2D eigenvalue weighted by Crippen LogP contribution is -2.12. The first-order valence-corrected chi connectivity index (χ1v) is 7.02. The molecule has 0 saturated heterocycles. The summed E-state index contributed by atoms with van der Waals surface area (Å²) in [6.45, 7) is 6.24. The molecule has 2 rings (SSSR count). The fourth-order valence-corrected chi connectivity index (χ4v) is 2.14. The van der Waals surface area contributed by atoms with Gasteiger partial charge in [-0.15, -0.1) is 0 Å². The van der Waals surface area contributed by atoms with Crippen LogP contribution in [0.3, 0.4) is 0 Å². The van der Waals surface area contributed by atoms with Crippen molar-refractivity contribution in [1.82, 2.24) is 9.97 Å². The maximum absolute atomic E-state index is 4.60. The smallest absolute Gasteiger partial charge is 0.135 e. The van der Waals surface area contributed by atoms with Crippen LogP contribution in [0.2, 0.25) is 0 Å². The normalized spacial score (nSPS) is 12.0. The van der Waals surface area contributed by atoms with Crippen molar-refractivity contribution in [3.8, 4) is 0 Å². The maximum Gasteiger partial charge on any atom is 0.135 e. The number of hydrogen-bond acceptors (Lipinski definition) is 4. The van der Waals surface area contributed by atoms with E-state index in [2.05, 4.69) is 58.7 Å². The Morgan fingerprint density at radius 1 is 1.10 bits per heavy atom. The largest absolute Gasteiger partial charge is 0.373 e. The molecule has 1 heterocycles. The third kappa shape index (κ3) is 3.07. The number of anilines is 2. The summed E-state index contributed by atoms with van der Waals surface area (Å²) in [7, 11) is 1.89. The minimum atomic E-state index is 0.208. The molecule has 0 amide bonds. The van der Waals surface area contributed by atoms with Crippen LogP contribution in [0.1, 0.15) is 36.8 Å². The topological polar surface area (TPSA) is 49.8 Å². The fourth-order valence-electron chi connectivity index (χ4n) is 2.14. The van der Waals surface area contributed by atoms with Crippen molar-refractivity contribution in [3.63, 3.8) is 0 Å². The van der Waals surface area contributed by atoms with Crippen LogP contribution in [0.25, 0.3) is 0 Å². The lowest BCUT2D eigenvalue weighted by molar-refractivity contribution is 0.852. The Balaban J connectivity index is 2.28. The molecule has 1 unspecified atom stereocenters. The van der Waals surface area contributed by atoms with Crippen molar-refractivity contribution in [2.45, 2.75) is 33.2 Å². The van der Waals surface area contributed by atoms with Gasteiger partial charge in [-0.1, -0.05) is 37.3 Å². The SMILES string of the molecule is CCc1nc(NC)c(C)c(NC(C)c2ccccc2)n1.